The predicted molar refractivity (Wildman–Crippen MR) is 99.1 cm³/mol. The van der Waals surface area contributed by atoms with Crippen LogP contribution in [0.25, 0.3) is 0 Å². The fourth-order valence-corrected chi connectivity index (χ4v) is 3.26. The number of amides is 1. The van der Waals surface area contributed by atoms with E-state index in [4.69, 9.17) is 12.2 Å². The Hall–Kier alpha value is -2.20. The number of nitrogens with zero attached hydrogens (tertiary/aromatic N) is 1. The number of aryl methyl sites for hydroxylation is 1. The van der Waals surface area contributed by atoms with Crippen LogP contribution in [0.15, 0.2) is 48.5 Å². The number of carbonyl (C=O) groups is 1. The fourth-order valence-electron chi connectivity index (χ4n) is 2.93. The van der Waals surface area contributed by atoms with Crippen molar-refractivity contribution in [2.24, 2.45) is 0 Å². The molecule has 1 heterocycles. The Bertz CT molecular complexity index is 727. The van der Waals surface area contributed by atoms with E-state index >= 15 is 0 Å². The minimum atomic E-state index is 0.0000401. The zero-order valence-corrected chi connectivity index (χ0v) is 14.0. The van der Waals surface area contributed by atoms with Crippen molar-refractivity contribution in [3.8, 4) is 0 Å². The van der Waals surface area contributed by atoms with E-state index in [1.165, 1.54) is 0 Å². The van der Waals surface area contributed by atoms with Crippen LogP contribution in [-0.4, -0.2) is 17.4 Å². The lowest BCUT2D eigenvalue weighted by Gasteiger charge is -2.21. The predicted octanol–water partition coefficient (Wildman–Crippen LogP) is 4.10. The number of benzene rings is 2. The van der Waals surface area contributed by atoms with Crippen molar-refractivity contribution in [1.29, 1.82) is 0 Å². The molecule has 4 heteroatoms. The fraction of sp³-hybridized carbons (Fsp3) is 0.263. The largest absolute Gasteiger partial charge is 0.336 e. The Morgan fingerprint density at radius 3 is 2.65 bits per heavy atom. The Labute approximate surface area is 142 Å². The molecular formula is C19H20N2OS. The number of thiocarbonyl (C=S) groups is 1. The summed E-state index contributed by atoms with van der Waals surface area (Å²) >= 11 is 5.41. The van der Waals surface area contributed by atoms with Crippen LogP contribution in [0, 0.1) is 6.92 Å². The summed E-state index contributed by atoms with van der Waals surface area (Å²) in [5.74, 6) is 0.0000401. The van der Waals surface area contributed by atoms with Crippen molar-refractivity contribution >= 4 is 34.5 Å². The van der Waals surface area contributed by atoms with Crippen LogP contribution >= 0.6 is 12.2 Å². The maximum Gasteiger partial charge on any atom is 0.228 e. The highest BCUT2D eigenvalue weighted by Crippen LogP contribution is 2.28. The molecule has 0 aliphatic carbocycles. The highest BCUT2D eigenvalue weighted by Gasteiger charge is 2.19. The van der Waals surface area contributed by atoms with Gasteiger partial charge in [0.2, 0.25) is 5.91 Å². The number of hydrogen-bond donors (Lipinski definition) is 1. The van der Waals surface area contributed by atoms with E-state index in [1.54, 1.807) is 0 Å². The van der Waals surface area contributed by atoms with Crippen molar-refractivity contribution in [1.82, 2.24) is 0 Å². The van der Waals surface area contributed by atoms with Crippen LogP contribution in [0.2, 0.25) is 0 Å². The number of rotatable bonds is 4. The summed E-state index contributed by atoms with van der Waals surface area (Å²) in [7, 11) is 0. The summed E-state index contributed by atoms with van der Waals surface area (Å²) in [4.78, 5) is 15.3. The van der Waals surface area contributed by atoms with Gasteiger partial charge in [0.1, 0.15) is 0 Å². The topological polar surface area (TPSA) is 32.3 Å². The van der Waals surface area contributed by atoms with Gasteiger partial charge in [0.05, 0.1) is 11.4 Å². The maximum absolute atomic E-state index is 12.1. The maximum atomic E-state index is 12.1. The number of carbonyl (C=O) groups excluding carboxylic acids is 1. The monoisotopic (exact) mass is 324 g/mol. The summed E-state index contributed by atoms with van der Waals surface area (Å²) in [6.45, 7) is 3.04. The van der Waals surface area contributed by atoms with Crippen LogP contribution in [0.3, 0.4) is 0 Å². The molecule has 0 bridgehead atoms. The van der Waals surface area contributed by atoms with E-state index in [9.17, 15) is 4.79 Å². The molecule has 2 aromatic carbocycles. The SMILES string of the molecule is Cc1cc(NC(=O)Cc2ccccc2)ccc1N1CCCC1=S. The van der Waals surface area contributed by atoms with Crippen molar-refractivity contribution < 1.29 is 4.79 Å². The summed E-state index contributed by atoms with van der Waals surface area (Å²) in [6, 6.07) is 15.8. The molecule has 3 nitrogen and oxygen atoms in total. The van der Waals surface area contributed by atoms with Gasteiger partial charge in [-0.25, -0.2) is 0 Å². The van der Waals surface area contributed by atoms with Crippen LogP contribution in [0.4, 0.5) is 11.4 Å². The molecule has 0 spiro atoms. The molecule has 1 fully saturated rings. The second-order valence-corrected chi connectivity index (χ2v) is 6.33. The third-order valence-electron chi connectivity index (χ3n) is 4.05. The molecule has 1 aliphatic heterocycles. The van der Waals surface area contributed by atoms with E-state index in [2.05, 4.69) is 17.1 Å². The molecule has 0 unspecified atom stereocenters. The van der Waals surface area contributed by atoms with Crippen molar-refractivity contribution in [3.05, 3.63) is 59.7 Å². The van der Waals surface area contributed by atoms with Gasteiger partial charge in [0.25, 0.3) is 0 Å². The molecule has 0 aromatic heterocycles. The minimum absolute atomic E-state index is 0.0000401. The summed E-state index contributed by atoms with van der Waals surface area (Å²) in [5, 5.41) is 2.97. The normalized spacial score (nSPS) is 14.1. The quantitative estimate of drug-likeness (QED) is 0.859. The number of nitrogens with one attached hydrogen (secondary N) is 1. The average molecular weight is 324 g/mol. The lowest BCUT2D eigenvalue weighted by atomic mass is 10.1. The third kappa shape index (κ3) is 3.77. The lowest BCUT2D eigenvalue weighted by molar-refractivity contribution is -0.115. The van der Waals surface area contributed by atoms with E-state index in [0.29, 0.717) is 6.42 Å². The Balaban J connectivity index is 1.68. The Morgan fingerprint density at radius 1 is 1.22 bits per heavy atom. The van der Waals surface area contributed by atoms with E-state index in [-0.39, 0.29) is 5.91 Å². The van der Waals surface area contributed by atoms with Crippen molar-refractivity contribution in [3.63, 3.8) is 0 Å². The summed E-state index contributed by atoms with van der Waals surface area (Å²) in [5.41, 5.74) is 4.12. The second kappa shape index (κ2) is 6.92. The molecule has 2 aromatic rings. The van der Waals surface area contributed by atoms with Gasteiger partial charge in [-0.3, -0.25) is 4.79 Å². The summed E-state index contributed by atoms with van der Waals surface area (Å²) in [6.07, 6.45) is 2.50. The van der Waals surface area contributed by atoms with Gasteiger partial charge >= 0.3 is 0 Å². The highest BCUT2D eigenvalue weighted by molar-refractivity contribution is 7.80. The minimum Gasteiger partial charge on any atom is -0.336 e. The molecule has 1 amide bonds. The van der Waals surface area contributed by atoms with Crippen molar-refractivity contribution in [2.75, 3.05) is 16.8 Å². The number of anilines is 2. The first-order valence-electron chi connectivity index (χ1n) is 7.88. The molecule has 1 aliphatic rings. The molecule has 0 atom stereocenters. The second-order valence-electron chi connectivity index (χ2n) is 5.86. The summed E-state index contributed by atoms with van der Waals surface area (Å²) < 4.78 is 0. The first-order valence-corrected chi connectivity index (χ1v) is 8.29. The van der Waals surface area contributed by atoms with Crippen LogP contribution in [0.5, 0.6) is 0 Å². The average Bonchev–Trinajstić information content (AvgIpc) is 2.94. The lowest BCUT2D eigenvalue weighted by Crippen LogP contribution is -2.23. The molecule has 3 rings (SSSR count). The molecule has 118 valence electrons. The van der Waals surface area contributed by atoms with Gasteiger partial charge in [-0.15, -0.1) is 0 Å². The van der Waals surface area contributed by atoms with Gasteiger partial charge in [0.15, 0.2) is 0 Å². The van der Waals surface area contributed by atoms with Gasteiger partial charge in [0, 0.05) is 17.9 Å². The molecule has 23 heavy (non-hydrogen) atoms. The molecule has 1 saturated heterocycles. The van der Waals surface area contributed by atoms with Crippen molar-refractivity contribution in [2.45, 2.75) is 26.2 Å². The molecule has 0 saturated carbocycles. The third-order valence-corrected chi connectivity index (χ3v) is 4.48. The zero-order chi connectivity index (χ0) is 16.2. The van der Waals surface area contributed by atoms with Gasteiger partial charge in [-0.05, 0) is 49.1 Å². The van der Waals surface area contributed by atoms with Gasteiger partial charge in [-0.2, -0.15) is 0 Å². The first kappa shape index (κ1) is 15.7. The zero-order valence-electron chi connectivity index (χ0n) is 13.2. The highest BCUT2D eigenvalue weighted by atomic mass is 32.1. The number of hydrogen-bond acceptors (Lipinski definition) is 2. The molecule has 1 N–H and O–H groups in total. The van der Waals surface area contributed by atoms with E-state index in [0.717, 1.165) is 46.9 Å². The van der Waals surface area contributed by atoms with Crippen LogP contribution in [-0.2, 0) is 11.2 Å². The first-order chi connectivity index (χ1) is 11.1. The van der Waals surface area contributed by atoms with Crippen LogP contribution in [0.1, 0.15) is 24.0 Å². The Morgan fingerprint density at radius 2 is 2.00 bits per heavy atom. The molecule has 0 radical (unpaired) electrons. The molecular weight excluding hydrogens is 304 g/mol. The van der Waals surface area contributed by atoms with Gasteiger partial charge in [-0.1, -0.05) is 42.5 Å². The van der Waals surface area contributed by atoms with Gasteiger partial charge < -0.3 is 10.2 Å². The van der Waals surface area contributed by atoms with Crippen LogP contribution < -0.4 is 10.2 Å². The standard InChI is InChI=1S/C19H20N2OS/c1-14-12-16(9-10-17(14)21-11-5-8-19(21)23)20-18(22)13-15-6-3-2-4-7-15/h2-4,6-7,9-10,12H,5,8,11,13H2,1H3,(H,20,22). The Kier molecular flexibility index (Phi) is 4.72. The van der Waals surface area contributed by atoms with E-state index in [1.807, 2.05) is 48.5 Å². The van der Waals surface area contributed by atoms with E-state index < -0.39 is 0 Å². The smallest absolute Gasteiger partial charge is 0.228 e.